The molecule has 0 rings (SSSR count). The predicted octanol–water partition coefficient (Wildman–Crippen LogP) is -0.275. The van der Waals surface area contributed by atoms with E-state index >= 15 is 0 Å². The molecule has 0 aromatic carbocycles. The average molecular weight is 334 g/mol. The Morgan fingerprint density at radius 3 is 1.48 bits per heavy atom. The summed E-state index contributed by atoms with van der Waals surface area (Å²) in [5.74, 6) is -2.87. The zero-order valence-electron chi connectivity index (χ0n) is 13.7. The molecule has 0 bridgehead atoms. The highest BCUT2D eigenvalue weighted by Gasteiger charge is 2.41. The highest BCUT2D eigenvalue weighted by molar-refractivity contribution is 5.69. The second-order valence-corrected chi connectivity index (χ2v) is 4.79. The lowest BCUT2D eigenvalue weighted by atomic mass is 10.0. The van der Waals surface area contributed by atoms with Gasteiger partial charge in [-0.1, -0.05) is 0 Å². The molecule has 0 amide bonds. The molecule has 0 aliphatic carbocycles. The fourth-order valence-corrected chi connectivity index (χ4v) is 1.92. The van der Waals surface area contributed by atoms with Gasteiger partial charge in [-0.25, -0.2) is 0 Å². The Morgan fingerprint density at radius 1 is 0.739 bits per heavy atom. The van der Waals surface area contributed by atoms with Crippen LogP contribution in [0.25, 0.3) is 0 Å². The van der Waals surface area contributed by atoms with E-state index in [0.717, 1.165) is 27.7 Å². The topological polar surface area (TPSA) is 125 Å². The van der Waals surface area contributed by atoms with Crippen LogP contribution >= 0.6 is 0 Å². The molecule has 0 aromatic heterocycles. The van der Waals surface area contributed by atoms with Gasteiger partial charge in [0.25, 0.3) is 0 Å². The maximum absolute atomic E-state index is 11.3. The van der Waals surface area contributed by atoms with Gasteiger partial charge in [-0.15, -0.1) is 0 Å². The number of rotatable bonds is 8. The summed E-state index contributed by atoms with van der Waals surface area (Å²) in [6.07, 6.45) is -4.92. The van der Waals surface area contributed by atoms with Gasteiger partial charge in [0.2, 0.25) is 0 Å². The maximum atomic E-state index is 11.3. The second kappa shape index (κ2) is 9.78. The third kappa shape index (κ3) is 8.15. The molecule has 0 heterocycles. The first-order valence-electron chi connectivity index (χ1n) is 6.88. The highest BCUT2D eigenvalue weighted by atomic mass is 16.6. The van der Waals surface area contributed by atoms with Gasteiger partial charge < -0.3 is 24.1 Å². The number of aliphatic hydroxyl groups excluding tert-OH is 1. The van der Waals surface area contributed by atoms with Crippen molar-refractivity contribution in [2.45, 2.75) is 59.0 Å². The Balaban J connectivity index is 5.57. The van der Waals surface area contributed by atoms with Gasteiger partial charge in [0, 0.05) is 27.7 Å². The van der Waals surface area contributed by atoms with Gasteiger partial charge in [0.05, 0.1) is 6.61 Å². The first-order valence-corrected chi connectivity index (χ1v) is 6.88. The molecule has 0 spiro atoms. The van der Waals surface area contributed by atoms with Crippen LogP contribution in [-0.2, 0) is 38.1 Å². The summed E-state index contributed by atoms with van der Waals surface area (Å²) in [5, 5.41) is 9.39. The Labute approximate surface area is 133 Å². The van der Waals surface area contributed by atoms with Gasteiger partial charge in [-0.2, -0.15) is 0 Å². The zero-order valence-corrected chi connectivity index (χ0v) is 13.7. The maximum Gasteiger partial charge on any atom is 0.303 e. The average Bonchev–Trinajstić information content (AvgIpc) is 2.38. The third-order valence-corrected chi connectivity index (χ3v) is 2.61. The van der Waals surface area contributed by atoms with Crippen LogP contribution in [0.15, 0.2) is 0 Å². The van der Waals surface area contributed by atoms with Crippen molar-refractivity contribution in [2.75, 3.05) is 6.61 Å². The lowest BCUT2D eigenvalue weighted by Crippen LogP contribution is -2.51. The summed E-state index contributed by atoms with van der Waals surface area (Å²) in [5.41, 5.74) is 0. The number of hydrogen-bond donors (Lipinski definition) is 1. The molecule has 132 valence electrons. The van der Waals surface area contributed by atoms with Gasteiger partial charge in [0.15, 0.2) is 18.3 Å². The van der Waals surface area contributed by atoms with Crippen LogP contribution in [0.2, 0.25) is 0 Å². The van der Waals surface area contributed by atoms with E-state index < -0.39 is 54.9 Å². The van der Waals surface area contributed by atoms with Crippen molar-refractivity contribution in [3.05, 3.63) is 0 Å². The van der Waals surface area contributed by atoms with Gasteiger partial charge in [0.1, 0.15) is 6.10 Å². The minimum absolute atomic E-state index is 0.649. The van der Waals surface area contributed by atoms with E-state index in [-0.39, 0.29) is 0 Å². The molecule has 0 radical (unpaired) electrons. The molecule has 0 aliphatic rings. The molecule has 0 aromatic rings. The van der Waals surface area contributed by atoms with Crippen LogP contribution in [0.3, 0.4) is 0 Å². The Morgan fingerprint density at radius 2 is 1.13 bits per heavy atom. The number of carbonyl (C=O) groups is 4. The molecule has 0 saturated carbocycles. The van der Waals surface area contributed by atoms with Crippen molar-refractivity contribution in [3.8, 4) is 0 Å². The SMILES string of the molecule is CC(=O)O[C@H]([C@H](OC(C)=O)[C@H](C)OC(C)=O)[C@@H](CO)OC(C)=O. The van der Waals surface area contributed by atoms with Crippen LogP contribution in [0.5, 0.6) is 0 Å². The molecular weight excluding hydrogens is 312 g/mol. The fraction of sp³-hybridized carbons (Fsp3) is 0.714. The standard InChI is InChI=1S/C14H22O9/c1-7(20-8(2)16)13(22-10(4)18)14(23-11(5)19)12(6-15)21-9(3)17/h7,12-15H,6H2,1-5H3/t7-,12+,13+,14-/m0/s1. The summed E-state index contributed by atoms with van der Waals surface area (Å²) >= 11 is 0. The van der Waals surface area contributed by atoms with E-state index in [4.69, 9.17) is 18.9 Å². The van der Waals surface area contributed by atoms with Gasteiger partial charge >= 0.3 is 23.9 Å². The van der Waals surface area contributed by atoms with Crippen molar-refractivity contribution in [2.24, 2.45) is 0 Å². The van der Waals surface area contributed by atoms with Crippen molar-refractivity contribution < 1.29 is 43.2 Å². The number of ether oxygens (including phenoxy) is 4. The van der Waals surface area contributed by atoms with Crippen molar-refractivity contribution in [1.29, 1.82) is 0 Å². The first-order chi connectivity index (χ1) is 10.6. The molecule has 0 fully saturated rings. The van der Waals surface area contributed by atoms with Crippen LogP contribution in [0.4, 0.5) is 0 Å². The van der Waals surface area contributed by atoms with E-state index in [1.807, 2.05) is 0 Å². The lowest BCUT2D eigenvalue weighted by Gasteiger charge is -2.33. The monoisotopic (exact) mass is 334 g/mol. The molecule has 9 heteroatoms. The summed E-state index contributed by atoms with van der Waals surface area (Å²) in [6.45, 7) is 5.17. The second-order valence-electron chi connectivity index (χ2n) is 4.79. The number of esters is 4. The summed E-state index contributed by atoms with van der Waals surface area (Å²) < 4.78 is 19.9. The minimum Gasteiger partial charge on any atom is -0.459 e. The Bertz CT molecular complexity index is 446. The molecule has 0 saturated heterocycles. The van der Waals surface area contributed by atoms with E-state index in [2.05, 4.69) is 0 Å². The normalized spacial score (nSPS) is 15.6. The van der Waals surface area contributed by atoms with Crippen LogP contribution < -0.4 is 0 Å². The van der Waals surface area contributed by atoms with E-state index in [9.17, 15) is 24.3 Å². The molecule has 1 N–H and O–H groups in total. The fourth-order valence-electron chi connectivity index (χ4n) is 1.92. The van der Waals surface area contributed by atoms with Crippen molar-refractivity contribution in [1.82, 2.24) is 0 Å². The highest BCUT2D eigenvalue weighted by Crippen LogP contribution is 2.19. The number of carbonyl (C=O) groups excluding carboxylic acids is 4. The predicted molar refractivity (Wildman–Crippen MR) is 75.0 cm³/mol. The lowest BCUT2D eigenvalue weighted by molar-refractivity contribution is -0.199. The molecule has 23 heavy (non-hydrogen) atoms. The third-order valence-electron chi connectivity index (χ3n) is 2.61. The van der Waals surface area contributed by atoms with E-state index in [1.165, 1.54) is 6.92 Å². The molecular formula is C14H22O9. The number of aliphatic hydroxyl groups is 1. The van der Waals surface area contributed by atoms with Crippen LogP contribution in [0, 0.1) is 0 Å². The molecule has 0 unspecified atom stereocenters. The van der Waals surface area contributed by atoms with E-state index in [1.54, 1.807) is 0 Å². The van der Waals surface area contributed by atoms with Crippen molar-refractivity contribution >= 4 is 23.9 Å². The number of hydrogen-bond acceptors (Lipinski definition) is 9. The first kappa shape index (κ1) is 20.8. The molecule has 0 aliphatic heterocycles. The van der Waals surface area contributed by atoms with Crippen molar-refractivity contribution in [3.63, 3.8) is 0 Å². The summed E-state index contributed by atoms with van der Waals surface area (Å²) in [6, 6.07) is 0. The van der Waals surface area contributed by atoms with Gasteiger partial charge in [-0.05, 0) is 6.92 Å². The van der Waals surface area contributed by atoms with Crippen LogP contribution in [-0.4, -0.2) is 60.0 Å². The zero-order chi connectivity index (χ0) is 18.2. The largest absolute Gasteiger partial charge is 0.459 e. The van der Waals surface area contributed by atoms with E-state index in [0.29, 0.717) is 0 Å². The quantitative estimate of drug-likeness (QED) is 0.471. The Kier molecular flexibility index (Phi) is 8.86. The summed E-state index contributed by atoms with van der Waals surface area (Å²) in [4.78, 5) is 44.8. The summed E-state index contributed by atoms with van der Waals surface area (Å²) in [7, 11) is 0. The molecule has 4 atom stereocenters. The smallest absolute Gasteiger partial charge is 0.303 e. The minimum atomic E-state index is -1.35. The molecule has 9 nitrogen and oxygen atoms in total. The Hall–Kier alpha value is -2.16. The van der Waals surface area contributed by atoms with Gasteiger partial charge in [-0.3, -0.25) is 19.2 Å². The van der Waals surface area contributed by atoms with Crippen LogP contribution in [0.1, 0.15) is 34.6 Å².